The Hall–Kier alpha value is -2.14. The minimum Gasteiger partial charge on any atom is -0.377 e. The fraction of sp³-hybridized carbons (Fsp3) is 0.565. The van der Waals surface area contributed by atoms with E-state index in [0.717, 1.165) is 42.6 Å². The third-order valence-corrected chi connectivity index (χ3v) is 5.66. The summed E-state index contributed by atoms with van der Waals surface area (Å²) in [5.74, 6) is 0.281. The lowest BCUT2D eigenvalue weighted by Gasteiger charge is -2.32. The fourth-order valence-corrected chi connectivity index (χ4v) is 4.01. The summed E-state index contributed by atoms with van der Waals surface area (Å²) >= 11 is 0. The van der Waals surface area contributed by atoms with E-state index in [4.69, 9.17) is 4.74 Å². The first-order valence-electron chi connectivity index (χ1n) is 10.3. The van der Waals surface area contributed by atoms with Crippen LogP contribution in [0.1, 0.15) is 50.3 Å². The summed E-state index contributed by atoms with van der Waals surface area (Å²) in [7, 11) is 0. The average molecular weight is 385 g/mol. The van der Waals surface area contributed by atoms with Gasteiger partial charge in [-0.2, -0.15) is 0 Å². The van der Waals surface area contributed by atoms with Gasteiger partial charge in [-0.15, -0.1) is 0 Å². The van der Waals surface area contributed by atoms with Crippen LogP contribution >= 0.6 is 0 Å². The summed E-state index contributed by atoms with van der Waals surface area (Å²) in [5.41, 5.74) is 4.17. The summed E-state index contributed by atoms with van der Waals surface area (Å²) in [5, 5.41) is 0. The SMILES string of the molecule is Cc1ccc(C2=C(N3CCC(C)CC3)C(=O)N(CCOC(C)C)C2=O)c(C)c1. The van der Waals surface area contributed by atoms with E-state index in [1.165, 1.54) is 4.90 Å². The number of imide groups is 1. The lowest BCUT2D eigenvalue weighted by atomic mass is 9.95. The molecule has 0 radical (unpaired) electrons. The second-order valence-electron chi connectivity index (χ2n) is 8.39. The molecule has 1 aromatic rings. The van der Waals surface area contributed by atoms with Crippen LogP contribution in [0.25, 0.3) is 5.57 Å². The van der Waals surface area contributed by atoms with Crippen molar-refractivity contribution >= 4 is 17.4 Å². The first kappa shape index (κ1) is 20.6. The van der Waals surface area contributed by atoms with Gasteiger partial charge >= 0.3 is 0 Å². The third kappa shape index (κ3) is 4.14. The maximum atomic E-state index is 13.3. The van der Waals surface area contributed by atoms with Gasteiger partial charge in [0.2, 0.25) is 0 Å². The normalized spacial score (nSPS) is 18.8. The zero-order chi connectivity index (χ0) is 20.4. The summed E-state index contributed by atoms with van der Waals surface area (Å²) in [4.78, 5) is 30.1. The van der Waals surface area contributed by atoms with E-state index >= 15 is 0 Å². The molecule has 3 rings (SSSR count). The van der Waals surface area contributed by atoms with Gasteiger partial charge in [-0.1, -0.05) is 30.7 Å². The Morgan fingerprint density at radius 3 is 2.39 bits per heavy atom. The molecule has 0 unspecified atom stereocenters. The number of likely N-dealkylation sites (tertiary alicyclic amines) is 1. The zero-order valence-corrected chi connectivity index (χ0v) is 17.7. The number of ether oxygens (including phenoxy) is 1. The molecule has 0 aliphatic carbocycles. The second-order valence-corrected chi connectivity index (χ2v) is 8.39. The Kier molecular flexibility index (Phi) is 6.23. The molecule has 2 aliphatic heterocycles. The number of nitrogens with zero attached hydrogens (tertiary/aromatic N) is 2. The molecular weight excluding hydrogens is 352 g/mol. The number of amides is 2. The molecule has 5 nitrogen and oxygen atoms in total. The zero-order valence-electron chi connectivity index (χ0n) is 17.7. The number of benzene rings is 1. The van der Waals surface area contributed by atoms with E-state index in [0.29, 0.717) is 23.8 Å². The van der Waals surface area contributed by atoms with Crippen LogP contribution in [0.3, 0.4) is 0 Å². The van der Waals surface area contributed by atoms with Gasteiger partial charge < -0.3 is 9.64 Å². The van der Waals surface area contributed by atoms with Crippen molar-refractivity contribution in [2.45, 2.75) is 53.6 Å². The summed E-state index contributed by atoms with van der Waals surface area (Å²) in [6.45, 7) is 12.5. The van der Waals surface area contributed by atoms with Crippen molar-refractivity contribution in [3.05, 3.63) is 40.6 Å². The van der Waals surface area contributed by atoms with Crippen molar-refractivity contribution < 1.29 is 14.3 Å². The molecule has 152 valence electrons. The van der Waals surface area contributed by atoms with E-state index in [2.05, 4.69) is 17.9 Å². The van der Waals surface area contributed by atoms with Crippen molar-refractivity contribution in [2.24, 2.45) is 5.92 Å². The van der Waals surface area contributed by atoms with Gasteiger partial charge in [0.25, 0.3) is 11.8 Å². The molecular formula is C23H32N2O3. The van der Waals surface area contributed by atoms with Crippen molar-refractivity contribution in [1.82, 2.24) is 9.80 Å². The smallest absolute Gasteiger partial charge is 0.277 e. The topological polar surface area (TPSA) is 49.9 Å². The standard InChI is InChI=1S/C23H32N2O3/c1-15(2)28-13-12-25-22(26)20(19-7-6-17(4)14-18(19)5)21(23(25)27)24-10-8-16(3)9-11-24/h6-7,14-16H,8-13H2,1-5H3. The van der Waals surface area contributed by atoms with Gasteiger partial charge in [0, 0.05) is 13.1 Å². The maximum Gasteiger partial charge on any atom is 0.277 e. The number of aryl methyl sites for hydroxylation is 2. The summed E-state index contributed by atoms with van der Waals surface area (Å²) < 4.78 is 5.60. The van der Waals surface area contributed by atoms with E-state index in [-0.39, 0.29) is 24.5 Å². The van der Waals surface area contributed by atoms with E-state index < -0.39 is 0 Å². The molecule has 0 atom stereocenters. The highest BCUT2D eigenvalue weighted by Crippen LogP contribution is 2.35. The minimum absolute atomic E-state index is 0.0719. The maximum absolute atomic E-state index is 13.3. The molecule has 1 saturated heterocycles. The highest BCUT2D eigenvalue weighted by molar-refractivity contribution is 6.35. The van der Waals surface area contributed by atoms with E-state index in [1.54, 1.807) is 0 Å². The number of hydrogen-bond acceptors (Lipinski definition) is 4. The lowest BCUT2D eigenvalue weighted by Crippen LogP contribution is -2.39. The first-order chi connectivity index (χ1) is 13.3. The predicted molar refractivity (Wildman–Crippen MR) is 111 cm³/mol. The summed E-state index contributed by atoms with van der Waals surface area (Å²) in [6.07, 6.45) is 2.16. The molecule has 1 aromatic carbocycles. The molecule has 1 fully saturated rings. The van der Waals surface area contributed by atoms with Crippen molar-refractivity contribution in [1.29, 1.82) is 0 Å². The highest BCUT2D eigenvalue weighted by Gasteiger charge is 2.42. The molecule has 2 aliphatic rings. The Labute approximate surface area is 168 Å². The van der Waals surface area contributed by atoms with E-state index in [1.807, 2.05) is 39.8 Å². The summed E-state index contributed by atoms with van der Waals surface area (Å²) in [6, 6.07) is 6.06. The molecule has 0 N–H and O–H groups in total. The number of carbonyl (C=O) groups excluding carboxylic acids is 2. The lowest BCUT2D eigenvalue weighted by molar-refractivity contribution is -0.138. The quantitative estimate of drug-likeness (QED) is 0.704. The van der Waals surface area contributed by atoms with Crippen LogP contribution < -0.4 is 0 Å². The van der Waals surface area contributed by atoms with Crippen LogP contribution in [0.15, 0.2) is 23.9 Å². The van der Waals surface area contributed by atoms with Crippen LogP contribution in [0.4, 0.5) is 0 Å². The van der Waals surface area contributed by atoms with Crippen molar-refractivity contribution in [3.8, 4) is 0 Å². The van der Waals surface area contributed by atoms with Crippen molar-refractivity contribution in [2.75, 3.05) is 26.2 Å². The fourth-order valence-electron chi connectivity index (χ4n) is 4.01. The molecule has 0 saturated carbocycles. The van der Waals surface area contributed by atoms with Crippen LogP contribution in [0, 0.1) is 19.8 Å². The second kappa shape index (κ2) is 8.48. The van der Waals surface area contributed by atoms with Gasteiger partial charge in [-0.3, -0.25) is 14.5 Å². The van der Waals surface area contributed by atoms with Crippen LogP contribution in [0.5, 0.6) is 0 Å². The monoisotopic (exact) mass is 384 g/mol. The van der Waals surface area contributed by atoms with Crippen LogP contribution in [0.2, 0.25) is 0 Å². The predicted octanol–water partition coefficient (Wildman–Crippen LogP) is 3.54. The van der Waals surface area contributed by atoms with Gasteiger partial charge in [-0.05, 0) is 57.6 Å². The van der Waals surface area contributed by atoms with Gasteiger partial charge in [0.15, 0.2) is 0 Å². The third-order valence-electron chi connectivity index (χ3n) is 5.66. The molecule has 0 spiro atoms. The number of rotatable bonds is 6. The number of hydrogen-bond donors (Lipinski definition) is 0. The molecule has 28 heavy (non-hydrogen) atoms. The van der Waals surface area contributed by atoms with Gasteiger partial charge in [0.1, 0.15) is 5.70 Å². The van der Waals surface area contributed by atoms with Crippen molar-refractivity contribution in [3.63, 3.8) is 0 Å². The Morgan fingerprint density at radius 1 is 1.11 bits per heavy atom. The average Bonchev–Trinajstić information content (AvgIpc) is 2.87. The van der Waals surface area contributed by atoms with Gasteiger partial charge in [0.05, 0.1) is 24.8 Å². The Bertz CT molecular complexity index is 789. The van der Waals surface area contributed by atoms with Gasteiger partial charge in [-0.25, -0.2) is 0 Å². The first-order valence-corrected chi connectivity index (χ1v) is 10.3. The molecule has 2 amide bonds. The number of carbonyl (C=O) groups is 2. The number of piperidine rings is 1. The molecule has 0 bridgehead atoms. The van der Waals surface area contributed by atoms with Crippen LogP contribution in [-0.2, 0) is 14.3 Å². The van der Waals surface area contributed by atoms with E-state index in [9.17, 15) is 9.59 Å². The molecule has 5 heteroatoms. The Balaban J connectivity index is 1.97. The van der Waals surface area contributed by atoms with Crippen LogP contribution in [-0.4, -0.2) is 54.0 Å². The Morgan fingerprint density at radius 2 is 1.79 bits per heavy atom. The minimum atomic E-state index is -0.196. The highest BCUT2D eigenvalue weighted by atomic mass is 16.5. The molecule has 2 heterocycles. The largest absolute Gasteiger partial charge is 0.377 e. The molecule has 0 aromatic heterocycles.